The monoisotopic (exact) mass is 441 g/mol. The molecule has 1 aromatic heterocycles. The summed E-state index contributed by atoms with van der Waals surface area (Å²) >= 11 is 6.21. The van der Waals surface area contributed by atoms with Crippen molar-refractivity contribution in [3.8, 4) is 22.9 Å². The van der Waals surface area contributed by atoms with Crippen molar-refractivity contribution in [2.24, 2.45) is 5.92 Å². The molecule has 1 aliphatic heterocycles. The molecule has 0 aliphatic carbocycles. The zero-order valence-electron chi connectivity index (χ0n) is 17.7. The van der Waals surface area contributed by atoms with Gasteiger partial charge in [0.1, 0.15) is 11.5 Å². The largest absolute Gasteiger partial charge is 0.495 e. The minimum Gasteiger partial charge on any atom is -0.495 e. The number of benzene rings is 2. The number of hydrogen-bond donors (Lipinski definition) is 0. The van der Waals surface area contributed by atoms with E-state index < -0.39 is 0 Å². The fraction of sp³-hybridized carbons (Fsp3) is 0.348. The zero-order valence-corrected chi connectivity index (χ0v) is 18.4. The normalized spacial score (nSPS) is 16.2. The number of rotatable bonds is 7. The van der Waals surface area contributed by atoms with Crippen molar-refractivity contribution in [3.05, 3.63) is 53.4 Å². The highest BCUT2D eigenvalue weighted by atomic mass is 35.5. The van der Waals surface area contributed by atoms with Crippen LogP contribution >= 0.6 is 11.6 Å². The van der Waals surface area contributed by atoms with Gasteiger partial charge in [-0.3, -0.25) is 4.79 Å². The van der Waals surface area contributed by atoms with Gasteiger partial charge in [-0.15, -0.1) is 0 Å². The Bertz CT molecular complexity index is 1060. The maximum absolute atomic E-state index is 12.6. The zero-order chi connectivity index (χ0) is 22.0. The molecule has 1 aliphatic rings. The van der Waals surface area contributed by atoms with Crippen LogP contribution in [0.5, 0.6) is 11.5 Å². The molecule has 0 spiro atoms. The summed E-state index contributed by atoms with van der Waals surface area (Å²) in [6.45, 7) is 5.32. The molecule has 2 heterocycles. The molecule has 4 rings (SSSR count). The van der Waals surface area contributed by atoms with Crippen molar-refractivity contribution in [1.82, 2.24) is 10.1 Å². The predicted molar refractivity (Wildman–Crippen MR) is 118 cm³/mol. The van der Waals surface area contributed by atoms with Gasteiger partial charge in [-0.25, -0.2) is 0 Å². The highest BCUT2D eigenvalue weighted by Gasteiger charge is 2.35. The fourth-order valence-electron chi connectivity index (χ4n) is 3.43. The number of carbonyl (C=O) groups excluding carboxylic acids is 1. The first-order valence-electron chi connectivity index (χ1n) is 10.2. The van der Waals surface area contributed by atoms with Gasteiger partial charge in [-0.05, 0) is 48.4 Å². The van der Waals surface area contributed by atoms with Gasteiger partial charge in [0, 0.05) is 24.2 Å². The SMILES string of the molecule is COc1ccc(N2CC(c3nc(-c4ccc(OCC(C)C)cc4)no3)CC2=O)cc1Cl. The van der Waals surface area contributed by atoms with Crippen molar-refractivity contribution < 1.29 is 18.8 Å². The van der Waals surface area contributed by atoms with Crippen molar-refractivity contribution in [2.75, 3.05) is 25.2 Å². The second-order valence-corrected chi connectivity index (χ2v) is 8.32. The number of ether oxygens (including phenoxy) is 2. The second-order valence-electron chi connectivity index (χ2n) is 7.91. The molecule has 1 amide bonds. The molecule has 1 saturated heterocycles. The first-order valence-corrected chi connectivity index (χ1v) is 10.5. The molecule has 7 nitrogen and oxygen atoms in total. The van der Waals surface area contributed by atoms with E-state index in [0.717, 1.165) is 17.0 Å². The van der Waals surface area contributed by atoms with Crippen LogP contribution in [0.4, 0.5) is 5.69 Å². The number of carbonyl (C=O) groups is 1. The van der Waals surface area contributed by atoms with Crippen LogP contribution in [0.25, 0.3) is 11.4 Å². The van der Waals surface area contributed by atoms with E-state index in [9.17, 15) is 4.79 Å². The van der Waals surface area contributed by atoms with E-state index in [2.05, 4.69) is 24.0 Å². The lowest BCUT2D eigenvalue weighted by atomic mass is 10.1. The van der Waals surface area contributed by atoms with E-state index in [0.29, 0.717) is 48.0 Å². The molecular formula is C23H24ClN3O4. The average Bonchev–Trinajstić information content (AvgIpc) is 3.39. The molecule has 1 atom stereocenters. The summed E-state index contributed by atoms with van der Waals surface area (Å²) in [5, 5.41) is 4.56. The molecule has 2 aromatic carbocycles. The summed E-state index contributed by atoms with van der Waals surface area (Å²) in [6, 6.07) is 12.9. The highest BCUT2D eigenvalue weighted by molar-refractivity contribution is 6.32. The number of halogens is 1. The van der Waals surface area contributed by atoms with Crippen LogP contribution in [0.15, 0.2) is 47.0 Å². The number of amides is 1. The average molecular weight is 442 g/mol. The third-order valence-corrected chi connectivity index (χ3v) is 5.35. The maximum atomic E-state index is 12.6. The summed E-state index contributed by atoms with van der Waals surface area (Å²) < 4.78 is 16.4. The van der Waals surface area contributed by atoms with Gasteiger partial charge < -0.3 is 18.9 Å². The lowest BCUT2D eigenvalue weighted by molar-refractivity contribution is -0.117. The minimum atomic E-state index is -0.178. The van der Waals surface area contributed by atoms with Gasteiger partial charge in [0.05, 0.1) is 24.7 Å². The Morgan fingerprint density at radius 1 is 1.23 bits per heavy atom. The summed E-state index contributed by atoms with van der Waals surface area (Å²) in [5.41, 5.74) is 1.55. The topological polar surface area (TPSA) is 77.7 Å². The van der Waals surface area contributed by atoms with Crippen LogP contribution in [-0.4, -0.2) is 36.3 Å². The number of aromatic nitrogens is 2. The number of hydrogen-bond acceptors (Lipinski definition) is 6. The Balaban J connectivity index is 1.46. The van der Waals surface area contributed by atoms with Gasteiger partial charge in [0.15, 0.2) is 0 Å². The van der Waals surface area contributed by atoms with Crippen LogP contribution in [0, 0.1) is 5.92 Å². The molecule has 1 fully saturated rings. The van der Waals surface area contributed by atoms with Crippen LogP contribution in [0.3, 0.4) is 0 Å². The molecule has 162 valence electrons. The number of methoxy groups -OCH3 is 1. The van der Waals surface area contributed by atoms with Gasteiger partial charge >= 0.3 is 0 Å². The predicted octanol–water partition coefficient (Wildman–Crippen LogP) is 4.95. The molecular weight excluding hydrogens is 418 g/mol. The van der Waals surface area contributed by atoms with Crippen LogP contribution < -0.4 is 14.4 Å². The molecule has 0 bridgehead atoms. The van der Waals surface area contributed by atoms with Crippen LogP contribution in [0.2, 0.25) is 5.02 Å². The van der Waals surface area contributed by atoms with Crippen molar-refractivity contribution in [2.45, 2.75) is 26.2 Å². The van der Waals surface area contributed by atoms with Gasteiger partial charge in [0.25, 0.3) is 0 Å². The van der Waals surface area contributed by atoms with E-state index in [1.54, 1.807) is 24.1 Å². The van der Waals surface area contributed by atoms with E-state index >= 15 is 0 Å². The van der Waals surface area contributed by atoms with Crippen LogP contribution in [-0.2, 0) is 4.79 Å². The van der Waals surface area contributed by atoms with Crippen LogP contribution in [0.1, 0.15) is 32.1 Å². The van der Waals surface area contributed by atoms with E-state index in [4.69, 9.17) is 25.6 Å². The Labute approximate surface area is 185 Å². The molecule has 0 radical (unpaired) electrons. The Kier molecular flexibility index (Phi) is 6.13. The Morgan fingerprint density at radius 2 is 2.00 bits per heavy atom. The summed E-state index contributed by atoms with van der Waals surface area (Å²) in [7, 11) is 1.55. The lowest BCUT2D eigenvalue weighted by Gasteiger charge is -2.17. The maximum Gasteiger partial charge on any atom is 0.232 e. The molecule has 0 saturated carbocycles. The molecule has 31 heavy (non-hydrogen) atoms. The number of nitrogens with zero attached hydrogens (tertiary/aromatic N) is 3. The first-order chi connectivity index (χ1) is 14.9. The number of anilines is 1. The summed E-state index contributed by atoms with van der Waals surface area (Å²) in [4.78, 5) is 18.8. The molecule has 0 N–H and O–H groups in total. The quantitative estimate of drug-likeness (QED) is 0.516. The summed E-state index contributed by atoms with van der Waals surface area (Å²) in [6.07, 6.45) is 0.299. The molecule has 3 aromatic rings. The van der Waals surface area contributed by atoms with E-state index in [1.165, 1.54) is 0 Å². The van der Waals surface area contributed by atoms with Crippen molar-refractivity contribution >= 4 is 23.2 Å². The van der Waals surface area contributed by atoms with Crippen molar-refractivity contribution in [3.63, 3.8) is 0 Å². The standard InChI is InChI=1S/C23H24ClN3O4/c1-14(2)13-30-18-7-4-15(5-8-18)22-25-23(31-26-22)16-10-21(28)27(12-16)17-6-9-20(29-3)19(24)11-17/h4-9,11,14,16H,10,12-13H2,1-3H3. The Hall–Kier alpha value is -3.06. The first kappa shape index (κ1) is 21.2. The molecule has 8 heteroatoms. The van der Waals surface area contributed by atoms with Crippen molar-refractivity contribution in [1.29, 1.82) is 0 Å². The van der Waals surface area contributed by atoms with E-state index in [1.807, 2.05) is 30.3 Å². The van der Waals surface area contributed by atoms with E-state index in [-0.39, 0.29) is 11.8 Å². The minimum absolute atomic E-state index is 0.0161. The molecule has 1 unspecified atom stereocenters. The third-order valence-electron chi connectivity index (χ3n) is 5.06. The van der Waals surface area contributed by atoms with Gasteiger partial charge in [-0.2, -0.15) is 4.98 Å². The smallest absolute Gasteiger partial charge is 0.232 e. The third kappa shape index (κ3) is 4.66. The highest BCUT2D eigenvalue weighted by Crippen LogP contribution is 2.35. The van der Waals surface area contributed by atoms with Gasteiger partial charge in [0.2, 0.25) is 17.6 Å². The fourth-order valence-corrected chi connectivity index (χ4v) is 3.68. The van der Waals surface area contributed by atoms with Gasteiger partial charge in [-0.1, -0.05) is 30.6 Å². The summed E-state index contributed by atoms with van der Waals surface area (Å²) in [5.74, 6) is 2.57. The Morgan fingerprint density at radius 3 is 2.68 bits per heavy atom. The second kappa shape index (κ2) is 8.98. The lowest BCUT2D eigenvalue weighted by Crippen LogP contribution is -2.24.